The molecule has 0 saturated carbocycles. The highest BCUT2D eigenvalue weighted by molar-refractivity contribution is 7.16. The smallest absolute Gasteiger partial charge is 0.341 e. The van der Waals surface area contributed by atoms with E-state index in [0.29, 0.717) is 23.5 Å². The molecule has 0 aromatic carbocycles. The van der Waals surface area contributed by atoms with Crippen LogP contribution in [0.1, 0.15) is 52.5 Å². The van der Waals surface area contributed by atoms with Gasteiger partial charge in [0.1, 0.15) is 5.00 Å². The molecule has 0 saturated heterocycles. The zero-order valence-corrected chi connectivity index (χ0v) is 15.6. The van der Waals surface area contributed by atoms with E-state index in [1.807, 2.05) is 6.92 Å². The highest BCUT2D eigenvalue weighted by Gasteiger charge is 2.18. The second-order valence-electron chi connectivity index (χ2n) is 5.41. The fraction of sp³-hybridized carbons (Fsp3) is 0.389. The molecular formula is C18H22N2O5S. The van der Waals surface area contributed by atoms with E-state index in [0.717, 1.165) is 11.3 Å². The summed E-state index contributed by atoms with van der Waals surface area (Å²) in [5, 5.41) is 5.95. The van der Waals surface area contributed by atoms with Crippen LogP contribution in [0.2, 0.25) is 0 Å². The molecule has 0 fully saturated rings. The van der Waals surface area contributed by atoms with E-state index in [4.69, 9.17) is 9.15 Å². The molecular weight excluding hydrogens is 356 g/mol. The molecule has 0 radical (unpaired) electrons. The van der Waals surface area contributed by atoms with Crippen LogP contribution in [0, 0.1) is 0 Å². The standard InChI is InChI=1S/C18H22N2O5S/c1-3-12-11-13(18(23)24-4-2)17(26-12)20-15(21)8-5-9-19-16(22)14-7-6-10-25-14/h6-7,10-11H,3-5,8-9H2,1-2H3,(H,19,22)(H,20,21). The third-order valence-electron chi connectivity index (χ3n) is 3.49. The van der Waals surface area contributed by atoms with Gasteiger partial charge in [0.15, 0.2) is 5.76 Å². The van der Waals surface area contributed by atoms with Gasteiger partial charge in [0, 0.05) is 17.8 Å². The van der Waals surface area contributed by atoms with Crippen molar-refractivity contribution in [3.05, 3.63) is 40.7 Å². The van der Waals surface area contributed by atoms with Gasteiger partial charge in [-0.05, 0) is 38.0 Å². The predicted molar refractivity (Wildman–Crippen MR) is 98.6 cm³/mol. The summed E-state index contributed by atoms with van der Waals surface area (Å²) >= 11 is 1.37. The fourth-order valence-corrected chi connectivity index (χ4v) is 3.20. The Bertz CT molecular complexity index is 752. The minimum atomic E-state index is -0.440. The van der Waals surface area contributed by atoms with E-state index in [1.54, 1.807) is 25.1 Å². The van der Waals surface area contributed by atoms with E-state index >= 15 is 0 Å². The van der Waals surface area contributed by atoms with Gasteiger partial charge in [-0.2, -0.15) is 0 Å². The third-order valence-corrected chi connectivity index (χ3v) is 4.69. The van der Waals surface area contributed by atoms with Crippen LogP contribution in [-0.4, -0.2) is 30.9 Å². The first-order chi connectivity index (χ1) is 12.5. The molecule has 2 heterocycles. The molecule has 0 bridgehead atoms. The second-order valence-corrected chi connectivity index (χ2v) is 6.55. The average molecular weight is 378 g/mol. The van der Waals surface area contributed by atoms with Crippen molar-refractivity contribution < 1.29 is 23.5 Å². The largest absolute Gasteiger partial charge is 0.462 e. The van der Waals surface area contributed by atoms with Gasteiger partial charge in [0.25, 0.3) is 5.91 Å². The molecule has 140 valence electrons. The minimum Gasteiger partial charge on any atom is -0.462 e. The lowest BCUT2D eigenvalue weighted by molar-refractivity contribution is -0.116. The van der Waals surface area contributed by atoms with Gasteiger partial charge in [-0.15, -0.1) is 11.3 Å². The van der Waals surface area contributed by atoms with Crippen LogP contribution >= 0.6 is 11.3 Å². The molecule has 7 nitrogen and oxygen atoms in total. The van der Waals surface area contributed by atoms with Crippen molar-refractivity contribution in [1.82, 2.24) is 5.32 Å². The Balaban J connectivity index is 1.82. The minimum absolute atomic E-state index is 0.215. The number of carbonyl (C=O) groups excluding carboxylic acids is 3. The first-order valence-electron chi connectivity index (χ1n) is 8.46. The summed E-state index contributed by atoms with van der Waals surface area (Å²) in [6.07, 6.45) is 2.89. The maximum Gasteiger partial charge on any atom is 0.341 e. The van der Waals surface area contributed by atoms with Crippen molar-refractivity contribution in [2.24, 2.45) is 0 Å². The predicted octanol–water partition coefficient (Wildman–Crippen LogP) is 3.23. The summed E-state index contributed by atoms with van der Waals surface area (Å²) in [6.45, 7) is 4.34. The van der Waals surface area contributed by atoms with Crippen LogP contribution in [-0.2, 0) is 16.0 Å². The maximum absolute atomic E-state index is 12.1. The molecule has 0 spiro atoms. The van der Waals surface area contributed by atoms with Crippen LogP contribution in [0.4, 0.5) is 5.00 Å². The molecule has 0 atom stereocenters. The number of furan rings is 1. The molecule has 2 N–H and O–H groups in total. The van der Waals surface area contributed by atoms with Gasteiger partial charge in [0.2, 0.25) is 5.91 Å². The number of anilines is 1. The summed E-state index contributed by atoms with van der Waals surface area (Å²) in [5.74, 6) is -0.734. The summed E-state index contributed by atoms with van der Waals surface area (Å²) in [7, 11) is 0. The Morgan fingerprint density at radius 1 is 1.27 bits per heavy atom. The lowest BCUT2D eigenvalue weighted by atomic mass is 10.2. The summed E-state index contributed by atoms with van der Waals surface area (Å²) in [6, 6.07) is 4.96. The van der Waals surface area contributed by atoms with E-state index in [2.05, 4.69) is 10.6 Å². The molecule has 2 amide bonds. The second kappa shape index (κ2) is 9.76. The number of nitrogens with one attached hydrogen (secondary N) is 2. The molecule has 2 rings (SSSR count). The fourth-order valence-electron chi connectivity index (χ4n) is 2.20. The zero-order chi connectivity index (χ0) is 18.9. The first kappa shape index (κ1) is 19.7. The van der Waals surface area contributed by atoms with E-state index < -0.39 is 5.97 Å². The molecule has 26 heavy (non-hydrogen) atoms. The number of carbonyl (C=O) groups is 3. The Labute approximate surface area is 155 Å². The number of aryl methyl sites for hydroxylation is 1. The normalized spacial score (nSPS) is 10.4. The molecule has 0 aliphatic heterocycles. The van der Waals surface area contributed by atoms with Gasteiger partial charge in [-0.25, -0.2) is 4.79 Å². The number of ether oxygens (including phenoxy) is 1. The van der Waals surface area contributed by atoms with Crippen LogP contribution in [0.15, 0.2) is 28.9 Å². The Morgan fingerprint density at radius 2 is 2.08 bits per heavy atom. The van der Waals surface area contributed by atoms with E-state index in [1.165, 1.54) is 17.6 Å². The Morgan fingerprint density at radius 3 is 2.73 bits per heavy atom. The Kier molecular flexibility index (Phi) is 7.40. The number of hydrogen-bond donors (Lipinski definition) is 2. The molecule has 0 unspecified atom stereocenters. The van der Waals surface area contributed by atoms with Gasteiger partial charge in [0.05, 0.1) is 18.4 Å². The zero-order valence-electron chi connectivity index (χ0n) is 14.8. The topological polar surface area (TPSA) is 97.6 Å². The third kappa shape index (κ3) is 5.45. The average Bonchev–Trinajstić information content (AvgIpc) is 3.28. The monoisotopic (exact) mass is 378 g/mol. The lowest BCUT2D eigenvalue weighted by Gasteiger charge is -2.06. The van der Waals surface area contributed by atoms with Gasteiger partial charge in [-0.1, -0.05) is 6.92 Å². The first-order valence-corrected chi connectivity index (χ1v) is 9.28. The summed E-state index contributed by atoms with van der Waals surface area (Å²) in [5.41, 5.74) is 0.383. The molecule has 0 aliphatic carbocycles. The van der Waals surface area contributed by atoms with Crippen molar-refractivity contribution in [2.75, 3.05) is 18.5 Å². The van der Waals surface area contributed by atoms with Crippen molar-refractivity contribution >= 4 is 34.1 Å². The number of hydrogen-bond acceptors (Lipinski definition) is 6. The Hall–Kier alpha value is -2.61. The lowest BCUT2D eigenvalue weighted by Crippen LogP contribution is -2.25. The quantitative estimate of drug-likeness (QED) is 0.516. The van der Waals surface area contributed by atoms with E-state index in [9.17, 15) is 14.4 Å². The molecule has 0 aliphatic rings. The molecule has 2 aromatic rings. The molecule has 8 heteroatoms. The van der Waals surface area contributed by atoms with Gasteiger partial charge >= 0.3 is 5.97 Å². The summed E-state index contributed by atoms with van der Waals surface area (Å²) in [4.78, 5) is 36.8. The van der Waals surface area contributed by atoms with Crippen LogP contribution in [0.3, 0.4) is 0 Å². The number of esters is 1. The van der Waals surface area contributed by atoms with Gasteiger partial charge < -0.3 is 19.8 Å². The SMILES string of the molecule is CCOC(=O)c1cc(CC)sc1NC(=O)CCCNC(=O)c1ccco1. The number of amides is 2. The number of rotatable bonds is 9. The van der Waals surface area contributed by atoms with Crippen molar-refractivity contribution in [1.29, 1.82) is 0 Å². The van der Waals surface area contributed by atoms with Crippen LogP contribution in [0.25, 0.3) is 0 Å². The highest BCUT2D eigenvalue weighted by atomic mass is 32.1. The van der Waals surface area contributed by atoms with Crippen LogP contribution in [0.5, 0.6) is 0 Å². The van der Waals surface area contributed by atoms with Crippen LogP contribution < -0.4 is 10.6 Å². The van der Waals surface area contributed by atoms with Gasteiger partial charge in [-0.3, -0.25) is 9.59 Å². The van der Waals surface area contributed by atoms with Crippen molar-refractivity contribution in [3.63, 3.8) is 0 Å². The van der Waals surface area contributed by atoms with E-state index in [-0.39, 0.29) is 30.6 Å². The highest BCUT2D eigenvalue weighted by Crippen LogP contribution is 2.29. The maximum atomic E-state index is 12.1. The summed E-state index contributed by atoms with van der Waals surface area (Å²) < 4.78 is 10.0. The van der Waals surface area contributed by atoms with Crippen molar-refractivity contribution in [3.8, 4) is 0 Å². The molecule has 2 aromatic heterocycles. The van der Waals surface area contributed by atoms with Crippen molar-refractivity contribution in [2.45, 2.75) is 33.1 Å². The number of thiophene rings is 1.